The fraction of sp³-hybridized carbons (Fsp3) is 0.913. The number of rotatable bonds is 3. The van der Waals surface area contributed by atoms with E-state index >= 15 is 0 Å². The quantitative estimate of drug-likeness (QED) is 0.333. The smallest absolute Gasteiger partial charge is 0.414 e. The molecule has 0 aromatic heterocycles. The van der Waals surface area contributed by atoms with Gasteiger partial charge in [-0.2, -0.15) is 0 Å². The minimum atomic E-state index is -1.82. The van der Waals surface area contributed by atoms with Crippen molar-refractivity contribution in [1.82, 2.24) is 5.48 Å². The highest BCUT2D eigenvalue weighted by molar-refractivity contribution is 6.27. The maximum Gasteiger partial charge on any atom is 0.414 e. The molecule has 8 nitrogen and oxygen atoms in total. The molecule has 5 N–H and O–H groups in total. The van der Waals surface area contributed by atoms with Crippen molar-refractivity contribution in [3.05, 3.63) is 0 Å². The Balaban J connectivity index is 0.000000401. The van der Waals surface area contributed by atoms with Crippen molar-refractivity contribution in [3.8, 4) is 0 Å². The van der Waals surface area contributed by atoms with Crippen LogP contribution < -0.4 is 5.48 Å². The summed E-state index contributed by atoms with van der Waals surface area (Å²) >= 11 is 0. The number of fused-ring (bicyclic) bond motifs is 5. The molecular weight excluding hydrogens is 402 g/mol. The maximum atomic E-state index is 12.0. The number of hydroxylamine groups is 1. The van der Waals surface area contributed by atoms with Gasteiger partial charge >= 0.3 is 11.9 Å². The molecule has 178 valence electrons. The van der Waals surface area contributed by atoms with Crippen LogP contribution in [-0.4, -0.2) is 57.7 Å². The van der Waals surface area contributed by atoms with Crippen LogP contribution in [0.25, 0.3) is 0 Å². The zero-order chi connectivity index (χ0) is 23.0. The molecule has 0 unspecified atom stereocenters. The van der Waals surface area contributed by atoms with E-state index in [-0.39, 0.29) is 11.5 Å². The number of carbonyl (C=O) groups is 2. The van der Waals surface area contributed by atoms with E-state index in [0.717, 1.165) is 51.5 Å². The Hall–Kier alpha value is -1.22. The van der Waals surface area contributed by atoms with Crippen molar-refractivity contribution in [2.45, 2.75) is 83.3 Å². The first kappa shape index (κ1) is 24.4. The molecule has 4 rings (SSSR count). The van der Waals surface area contributed by atoms with E-state index < -0.39 is 17.5 Å². The monoisotopic (exact) mass is 441 g/mol. The van der Waals surface area contributed by atoms with Crippen LogP contribution in [-0.2, 0) is 14.4 Å². The molecule has 31 heavy (non-hydrogen) atoms. The number of hydrogen-bond acceptors (Lipinski definition) is 6. The van der Waals surface area contributed by atoms with Gasteiger partial charge in [0.25, 0.3) is 0 Å². The van der Waals surface area contributed by atoms with Gasteiger partial charge in [0.1, 0.15) is 0 Å². The first-order valence-electron chi connectivity index (χ1n) is 11.6. The van der Waals surface area contributed by atoms with Crippen molar-refractivity contribution in [2.75, 3.05) is 13.7 Å². The fourth-order valence-electron chi connectivity index (χ4n) is 7.82. The van der Waals surface area contributed by atoms with Crippen molar-refractivity contribution < 1.29 is 34.9 Å². The molecule has 8 heteroatoms. The Morgan fingerprint density at radius 1 is 0.968 bits per heavy atom. The Morgan fingerprint density at radius 2 is 1.65 bits per heavy atom. The first-order chi connectivity index (χ1) is 14.5. The summed E-state index contributed by atoms with van der Waals surface area (Å²) in [6.45, 7) is 5.67. The largest absolute Gasteiger partial charge is 0.473 e. The predicted octanol–water partition coefficient (Wildman–Crippen LogP) is 2.43. The molecule has 8 atom stereocenters. The molecule has 0 amide bonds. The van der Waals surface area contributed by atoms with Gasteiger partial charge in [0.2, 0.25) is 0 Å². The van der Waals surface area contributed by atoms with Crippen molar-refractivity contribution in [3.63, 3.8) is 0 Å². The van der Waals surface area contributed by atoms with Gasteiger partial charge in [-0.15, -0.1) is 0 Å². The van der Waals surface area contributed by atoms with E-state index in [4.69, 9.17) is 24.6 Å². The predicted molar refractivity (Wildman–Crippen MR) is 113 cm³/mol. The Labute approximate surface area is 184 Å². The van der Waals surface area contributed by atoms with E-state index in [1.165, 1.54) is 12.8 Å². The average molecular weight is 442 g/mol. The Kier molecular flexibility index (Phi) is 7.06. The van der Waals surface area contributed by atoms with Crippen molar-refractivity contribution in [2.24, 2.45) is 34.5 Å². The highest BCUT2D eigenvalue weighted by atomic mass is 16.6. The summed E-state index contributed by atoms with van der Waals surface area (Å²) in [6.07, 6.45) is 9.74. The number of carboxylic acid groups (broad SMARTS) is 2. The van der Waals surface area contributed by atoms with Crippen LogP contribution in [0, 0.1) is 34.5 Å². The zero-order valence-corrected chi connectivity index (χ0v) is 19.0. The van der Waals surface area contributed by atoms with Crippen LogP contribution in [0.5, 0.6) is 0 Å². The third kappa shape index (κ3) is 4.12. The number of aliphatic carboxylic acids is 2. The highest BCUT2D eigenvalue weighted by Crippen LogP contribution is 2.68. The normalized spacial score (nSPS) is 46.0. The minimum absolute atomic E-state index is 0.0110. The molecule has 0 spiro atoms. The Bertz CT molecular complexity index is 675. The second kappa shape index (κ2) is 8.96. The third-order valence-corrected chi connectivity index (χ3v) is 9.67. The SMILES string of the molecule is CONC[C@H]1CC[C@]2(O)[C@@H]3CC[C@@H]4C[C@@H](O)CC[C@]4(C)[C@H]3CC[C@]12C.O=C(O)C(=O)O. The number of aliphatic hydroxyl groups excluding tert-OH is 1. The van der Waals surface area contributed by atoms with Crippen LogP contribution in [0.4, 0.5) is 0 Å². The summed E-state index contributed by atoms with van der Waals surface area (Å²) in [7, 11) is 1.68. The van der Waals surface area contributed by atoms with Gasteiger partial charge in [0.15, 0.2) is 0 Å². The van der Waals surface area contributed by atoms with E-state index in [1.807, 2.05) is 0 Å². The molecule has 0 heterocycles. The van der Waals surface area contributed by atoms with Crippen LogP contribution >= 0.6 is 0 Å². The standard InChI is InChI=1S/C21H37NO3.C2H2O4/c1-19-9-7-16(23)12-14(19)4-5-18-17(19)8-10-20(2)15(13-22-25-3)6-11-21(18,20)24;3-1(4)2(5)6/h14-18,22-24H,4-13H2,1-3H3;(H,3,4)(H,5,6)/t14-,15-,16+,17+,18-,19+,20-,21+;/m1./s1. The van der Waals surface area contributed by atoms with Gasteiger partial charge in [-0.3, -0.25) is 0 Å². The summed E-state index contributed by atoms with van der Waals surface area (Å²) in [4.78, 5) is 23.3. The molecule has 4 aliphatic carbocycles. The first-order valence-corrected chi connectivity index (χ1v) is 11.6. The number of hydrogen-bond donors (Lipinski definition) is 5. The topological polar surface area (TPSA) is 136 Å². The summed E-state index contributed by atoms with van der Waals surface area (Å²) in [5, 5.41) is 36.9. The lowest BCUT2D eigenvalue weighted by Gasteiger charge is -2.63. The van der Waals surface area contributed by atoms with Crippen LogP contribution in [0.2, 0.25) is 0 Å². The molecule has 0 saturated heterocycles. The number of aliphatic hydroxyl groups is 2. The molecule has 4 fully saturated rings. The molecule has 0 aromatic rings. The van der Waals surface area contributed by atoms with Gasteiger partial charge in [-0.25, -0.2) is 15.1 Å². The van der Waals surface area contributed by atoms with Gasteiger partial charge in [-0.1, -0.05) is 13.8 Å². The number of nitrogens with one attached hydrogen (secondary N) is 1. The highest BCUT2D eigenvalue weighted by Gasteiger charge is 2.66. The van der Waals surface area contributed by atoms with E-state index in [2.05, 4.69) is 19.3 Å². The molecule has 0 bridgehead atoms. The fourth-order valence-corrected chi connectivity index (χ4v) is 7.82. The lowest BCUT2D eigenvalue weighted by molar-refractivity contribution is -0.210. The molecule has 0 aromatic carbocycles. The van der Waals surface area contributed by atoms with E-state index in [0.29, 0.717) is 29.1 Å². The second-order valence-electron chi connectivity index (χ2n) is 10.7. The van der Waals surface area contributed by atoms with Crippen LogP contribution in [0.3, 0.4) is 0 Å². The molecule has 0 radical (unpaired) electrons. The van der Waals surface area contributed by atoms with Crippen molar-refractivity contribution in [1.29, 1.82) is 0 Å². The van der Waals surface area contributed by atoms with Gasteiger partial charge in [-0.05, 0) is 86.9 Å². The lowest BCUT2D eigenvalue weighted by atomic mass is 9.43. The van der Waals surface area contributed by atoms with E-state index in [9.17, 15) is 10.2 Å². The maximum absolute atomic E-state index is 12.0. The molecular formula is C23H39NO7. The number of carboxylic acids is 2. The van der Waals surface area contributed by atoms with Gasteiger partial charge < -0.3 is 25.3 Å². The molecule has 4 saturated carbocycles. The summed E-state index contributed by atoms with van der Waals surface area (Å²) in [5.41, 5.74) is 2.88. The summed E-state index contributed by atoms with van der Waals surface area (Å²) in [6, 6.07) is 0. The van der Waals surface area contributed by atoms with Gasteiger partial charge in [0, 0.05) is 12.0 Å². The van der Waals surface area contributed by atoms with Gasteiger partial charge in [0.05, 0.1) is 18.8 Å². The Morgan fingerprint density at radius 3 is 2.26 bits per heavy atom. The third-order valence-electron chi connectivity index (χ3n) is 9.67. The van der Waals surface area contributed by atoms with Crippen LogP contribution in [0.1, 0.15) is 71.6 Å². The summed E-state index contributed by atoms with van der Waals surface area (Å²) in [5.74, 6) is -1.43. The molecule has 4 aliphatic rings. The van der Waals surface area contributed by atoms with E-state index in [1.54, 1.807) is 7.11 Å². The second-order valence-corrected chi connectivity index (χ2v) is 10.7. The van der Waals surface area contributed by atoms with Crippen molar-refractivity contribution >= 4 is 11.9 Å². The lowest BCUT2D eigenvalue weighted by Crippen LogP contribution is -2.62. The zero-order valence-electron chi connectivity index (χ0n) is 19.0. The average Bonchev–Trinajstić information content (AvgIpc) is 2.98. The summed E-state index contributed by atoms with van der Waals surface area (Å²) < 4.78 is 0. The minimum Gasteiger partial charge on any atom is -0.473 e. The molecule has 0 aliphatic heterocycles. The van der Waals surface area contributed by atoms with Crippen LogP contribution in [0.15, 0.2) is 0 Å².